The van der Waals surface area contributed by atoms with Crippen molar-refractivity contribution in [3.8, 4) is 11.5 Å². The van der Waals surface area contributed by atoms with E-state index < -0.39 is 0 Å². The van der Waals surface area contributed by atoms with Gasteiger partial charge in [-0.2, -0.15) is 0 Å². The molecular weight excluding hydrogens is 394 g/mol. The first-order valence-electron chi connectivity index (χ1n) is 9.92. The number of rotatable bonds is 3. The highest BCUT2D eigenvalue weighted by atomic mass is 79.9. The van der Waals surface area contributed by atoms with E-state index in [2.05, 4.69) is 28.2 Å². The maximum atomic E-state index is 13.3. The maximum absolute atomic E-state index is 13.3. The first-order chi connectivity index (χ1) is 12.5. The molecule has 6 rings (SSSR count). The van der Waals surface area contributed by atoms with Gasteiger partial charge in [-0.25, -0.2) is 0 Å². The summed E-state index contributed by atoms with van der Waals surface area (Å²) in [6.07, 6.45) is 7.36. The van der Waals surface area contributed by atoms with Crippen LogP contribution in [0.4, 0.5) is 0 Å². The lowest BCUT2D eigenvalue weighted by Crippen LogP contribution is -2.53. The first kappa shape index (κ1) is 16.9. The highest BCUT2D eigenvalue weighted by Gasteiger charge is 2.54. The second-order valence-corrected chi connectivity index (χ2v) is 9.76. The summed E-state index contributed by atoms with van der Waals surface area (Å²) in [5, 5.41) is 3.34. The van der Waals surface area contributed by atoms with Gasteiger partial charge in [0.25, 0.3) is 0 Å². The van der Waals surface area contributed by atoms with Crippen molar-refractivity contribution >= 4 is 21.8 Å². The number of carbonyl (C=O) groups excluding carboxylic acids is 1. The number of halogens is 1. The van der Waals surface area contributed by atoms with Crippen LogP contribution in [0, 0.1) is 23.2 Å². The Labute approximate surface area is 163 Å². The average Bonchev–Trinajstić information content (AvgIpc) is 2.59. The summed E-state index contributed by atoms with van der Waals surface area (Å²) in [5.74, 6) is 4.15. The SMILES string of the molecule is CC(NC(=O)C12CC3CC(CC(C3)C1)C2)c1cc2c(cc1Br)OCCO2. The predicted octanol–water partition coefficient (Wildman–Crippen LogP) is 4.61. The summed E-state index contributed by atoms with van der Waals surface area (Å²) >= 11 is 3.64. The topological polar surface area (TPSA) is 47.6 Å². The van der Waals surface area contributed by atoms with Gasteiger partial charge in [-0.3, -0.25) is 4.79 Å². The van der Waals surface area contributed by atoms with E-state index in [1.54, 1.807) is 0 Å². The fourth-order valence-corrected chi connectivity index (χ4v) is 6.89. The molecule has 4 bridgehead atoms. The Morgan fingerprint density at radius 3 is 2.19 bits per heavy atom. The number of hydrogen-bond donors (Lipinski definition) is 1. The molecule has 1 atom stereocenters. The van der Waals surface area contributed by atoms with Crippen LogP contribution in [0.25, 0.3) is 0 Å². The molecular formula is C21H26BrNO3. The lowest BCUT2D eigenvalue weighted by atomic mass is 9.49. The fourth-order valence-electron chi connectivity index (χ4n) is 6.23. The van der Waals surface area contributed by atoms with E-state index in [0.29, 0.717) is 13.2 Å². The van der Waals surface area contributed by atoms with Gasteiger partial charge in [0.05, 0.1) is 6.04 Å². The molecule has 4 fully saturated rings. The molecule has 4 aliphatic carbocycles. The van der Waals surface area contributed by atoms with Crippen molar-refractivity contribution in [2.24, 2.45) is 23.2 Å². The standard InChI is InChI=1S/C21H26BrNO3/c1-12(16-7-18-19(8-17(16)22)26-3-2-25-18)23-20(24)21-9-13-4-14(10-21)6-15(5-13)11-21/h7-8,12-15H,2-6,9-11H2,1H3,(H,23,24). The quantitative estimate of drug-likeness (QED) is 0.777. The van der Waals surface area contributed by atoms with Crippen molar-refractivity contribution in [1.29, 1.82) is 0 Å². The Bertz CT molecular complexity index is 712. The van der Waals surface area contributed by atoms with E-state index in [0.717, 1.165) is 58.6 Å². The molecule has 0 aromatic heterocycles. The Kier molecular flexibility index (Phi) is 4.00. The normalized spacial score (nSPS) is 35.2. The molecule has 0 radical (unpaired) electrons. The fraction of sp³-hybridized carbons (Fsp3) is 0.667. The minimum absolute atomic E-state index is 0.0549. The van der Waals surface area contributed by atoms with Crippen LogP contribution in [0.3, 0.4) is 0 Å². The monoisotopic (exact) mass is 419 g/mol. The summed E-state index contributed by atoms with van der Waals surface area (Å²) in [6, 6.07) is 3.90. The third-order valence-corrected chi connectivity index (χ3v) is 7.68. The number of nitrogens with one attached hydrogen (secondary N) is 1. The van der Waals surface area contributed by atoms with Crippen LogP contribution in [-0.2, 0) is 4.79 Å². The lowest BCUT2D eigenvalue weighted by Gasteiger charge is -2.55. The highest BCUT2D eigenvalue weighted by Crippen LogP contribution is 2.60. The van der Waals surface area contributed by atoms with Crippen molar-refractivity contribution in [1.82, 2.24) is 5.32 Å². The van der Waals surface area contributed by atoms with Crippen molar-refractivity contribution in [3.05, 3.63) is 22.2 Å². The molecule has 1 N–H and O–H groups in total. The number of hydrogen-bond acceptors (Lipinski definition) is 3. The lowest BCUT2D eigenvalue weighted by molar-refractivity contribution is -0.147. The number of benzene rings is 1. The van der Waals surface area contributed by atoms with Gasteiger partial charge in [0.15, 0.2) is 11.5 Å². The predicted molar refractivity (Wildman–Crippen MR) is 102 cm³/mol. The molecule has 1 amide bonds. The molecule has 0 spiro atoms. The molecule has 1 aliphatic heterocycles. The van der Waals surface area contributed by atoms with Crippen molar-refractivity contribution < 1.29 is 14.3 Å². The zero-order chi connectivity index (χ0) is 17.9. The van der Waals surface area contributed by atoms with Gasteiger partial charge in [0.2, 0.25) is 5.91 Å². The molecule has 140 valence electrons. The van der Waals surface area contributed by atoms with E-state index in [4.69, 9.17) is 9.47 Å². The maximum Gasteiger partial charge on any atom is 0.226 e. The smallest absolute Gasteiger partial charge is 0.226 e. The van der Waals surface area contributed by atoms with Gasteiger partial charge in [-0.1, -0.05) is 15.9 Å². The summed E-state index contributed by atoms with van der Waals surface area (Å²) in [7, 11) is 0. The van der Waals surface area contributed by atoms with Crippen LogP contribution in [0.5, 0.6) is 11.5 Å². The number of amides is 1. The van der Waals surface area contributed by atoms with Gasteiger partial charge in [-0.05, 0) is 80.9 Å². The summed E-state index contributed by atoms with van der Waals surface area (Å²) in [5.41, 5.74) is 0.941. The van der Waals surface area contributed by atoms with Gasteiger partial charge < -0.3 is 14.8 Å². The summed E-state index contributed by atoms with van der Waals surface area (Å²) in [6.45, 7) is 3.22. The Morgan fingerprint density at radius 1 is 1.08 bits per heavy atom. The third-order valence-electron chi connectivity index (χ3n) is 7.00. The molecule has 0 saturated heterocycles. The minimum Gasteiger partial charge on any atom is -0.486 e. The van der Waals surface area contributed by atoms with Crippen LogP contribution in [0.1, 0.15) is 57.1 Å². The highest BCUT2D eigenvalue weighted by molar-refractivity contribution is 9.10. The molecule has 1 aromatic carbocycles. The van der Waals surface area contributed by atoms with E-state index in [1.807, 2.05) is 12.1 Å². The third kappa shape index (κ3) is 2.74. The Balaban J connectivity index is 1.36. The molecule has 1 heterocycles. The van der Waals surface area contributed by atoms with Gasteiger partial charge in [0, 0.05) is 9.89 Å². The second kappa shape index (κ2) is 6.15. The largest absolute Gasteiger partial charge is 0.486 e. The van der Waals surface area contributed by atoms with Crippen LogP contribution >= 0.6 is 15.9 Å². The Hall–Kier alpha value is -1.23. The molecule has 1 aromatic rings. The van der Waals surface area contributed by atoms with Gasteiger partial charge in [0.1, 0.15) is 13.2 Å². The van der Waals surface area contributed by atoms with Crippen molar-refractivity contribution in [3.63, 3.8) is 0 Å². The molecule has 26 heavy (non-hydrogen) atoms. The van der Waals surface area contributed by atoms with E-state index in [9.17, 15) is 4.79 Å². The van der Waals surface area contributed by atoms with Gasteiger partial charge >= 0.3 is 0 Å². The van der Waals surface area contributed by atoms with Crippen molar-refractivity contribution in [2.75, 3.05) is 13.2 Å². The van der Waals surface area contributed by atoms with E-state index in [1.165, 1.54) is 19.3 Å². The molecule has 5 heteroatoms. The zero-order valence-corrected chi connectivity index (χ0v) is 16.8. The Morgan fingerprint density at radius 2 is 1.62 bits per heavy atom. The zero-order valence-electron chi connectivity index (χ0n) is 15.2. The van der Waals surface area contributed by atoms with E-state index in [-0.39, 0.29) is 17.4 Å². The second-order valence-electron chi connectivity index (χ2n) is 8.91. The minimum atomic E-state index is -0.108. The number of carbonyl (C=O) groups is 1. The van der Waals surface area contributed by atoms with Crippen LogP contribution in [0.2, 0.25) is 0 Å². The molecule has 4 nitrogen and oxygen atoms in total. The van der Waals surface area contributed by atoms with Crippen LogP contribution < -0.4 is 14.8 Å². The van der Waals surface area contributed by atoms with Crippen LogP contribution in [0.15, 0.2) is 16.6 Å². The van der Waals surface area contributed by atoms with Gasteiger partial charge in [-0.15, -0.1) is 0 Å². The van der Waals surface area contributed by atoms with Crippen LogP contribution in [-0.4, -0.2) is 19.1 Å². The van der Waals surface area contributed by atoms with E-state index >= 15 is 0 Å². The summed E-state index contributed by atoms with van der Waals surface area (Å²) in [4.78, 5) is 13.3. The van der Waals surface area contributed by atoms with Crippen molar-refractivity contribution in [2.45, 2.75) is 51.5 Å². The molecule has 4 saturated carbocycles. The first-order valence-corrected chi connectivity index (χ1v) is 10.7. The molecule has 1 unspecified atom stereocenters. The number of fused-ring (bicyclic) bond motifs is 1. The average molecular weight is 420 g/mol. The number of ether oxygens (including phenoxy) is 2. The summed E-state index contributed by atoms with van der Waals surface area (Å²) < 4.78 is 12.3. The molecule has 5 aliphatic rings.